The number of halogens is 2. The number of carbonyl (C=O) groups is 1. The summed E-state index contributed by atoms with van der Waals surface area (Å²) in [6.45, 7) is 0. The summed E-state index contributed by atoms with van der Waals surface area (Å²) in [6.07, 6.45) is 0. The van der Waals surface area contributed by atoms with Gasteiger partial charge in [0, 0.05) is 16.0 Å². The van der Waals surface area contributed by atoms with Gasteiger partial charge in [0.1, 0.15) is 5.58 Å². The van der Waals surface area contributed by atoms with E-state index in [9.17, 15) is 9.59 Å². The highest BCUT2D eigenvalue weighted by molar-refractivity contribution is 9.10. The monoisotopic (exact) mass is 447 g/mol. The minimum Gasteiger partial charge on any atom is -0.450 e. The van der Waals surface area contributed by atoms with Crippen LogP contribution in [0, 0.1) is 0 Å². The van der Waals surface area contributed by atoms with Gasteiger partial charge >= 0.3 is 0 Å². The van der Waals surface area contributed by atoms with E-state index in [1.165, 1.54) is 0 Å². The van der Waals surface area contributed by atoms with Gasteiger partial charge in [-0.1, -0.05) is 44.0 Å². The molecule has 120 valence electrons. The summed E-state index contributed by atoms with van der Waals surface area (Å²) in [7, 11) is 1.69. The van der Waals surface area contributed by atoms with Gasteiger partial charge in [-0.3, -0.25) is 9.59 Å². The van der Waals surface area contributed by atoms with Gasteiger partial charge in [-0.2, -0.15) is 0 Å². The normalized spacial score (nSPS) is 16.7. The van der Waals surface area contributed by atoms with Crippen molar-refractivity contribution in [2.75, 3.05) is 7.05 Å². The Labute approximate surface area is 154 Å². The lowest BCUT2D eigenvalue weighted by molar-refractivity contribution is 0.0771. The topological polar surface area (TPSA) is 50.5 Å². The third-order valence-corrected chi connectivity index (χ3v) is 5.27. The van der Waals surface area contributed by atoms with Crippen LogP contribution in [0.5, 0.6) is 0 Å². The Balaban J connectivity index is 2.03. The van der Waals surface area contributed by atoms with E-state index < -0.39 is 6.04 Å². The molecule has 1 atom stereocenters. The van der Waals surface area contributed by atoms with Crippen LogP contribution in [0.1, 0.15) is 27.7 Å². The second-order valence-corrected chi connectivity index (χ2v) is 7.52. The fourth-order valence-corrected chi connectivity index (χ4v) is 3.72. The van der Waals surface area contributed by atoms with Crippen LogP contribution in [-0.4, -0.2) is 17.9 Å². The van der Waals surface area contributed by atoms with Crippen molar-refractivity contribution in [3.8, 4) is 0 Å². The molecule has 24 heavy (non-hydrogen) atoms. The van der Waals surface area contributed by atoms with Gasteiger partial charge in [-0.25, -0.2) is 0 Å². The molecule has 0 aliphatic carbocycles. The number of benzene rings is 2. The standard InChI is InChI=1S/C18H11Br2NO3/c1-21-15(9-2-4-10(19)5-3-9)14-16(22)12-8-11(20)6-7-13(12)24-17(14)18(21)23/h2-8,15H,1H3. The molecule has 1 aromatic heterocycles. The van der Waals surface area contributed by atoms with E-state index in [4.69, 9.17) is 4.42 Å². The van der Waals surface area contributed by atoms with Gasteiger partial charge in [0.25, 0.3) is 5.91 Å². The summed E-state index contributed by atoms with van der Waals surface area (Å²) in [6, 6.07) is 12.4. The van der Waals surface area contributed by atoms with Crippen LogP contribution in [-0.2, 0) is 0 Å². The van der Waals surface area contributed by atoms with Crippen molar-refractivity contribution in [2.45, 2.75) is 6.04 Å². The van der Waals surface area contributed by atoms with Crippen LogP contribution in [0.15, 0.2) is 60.6 Å². The number of hydrogen-bond donors (Lipinski definition) is 0. The molecule has 1 amide bonds. The molecule has 0 N–H and O–H groups in total. The maximum absolute atomic E-state index is 13.0. The first kappa shape index (κ1) is 15.6. The lowest BCUT2D eigenvalue weighted by Crippen LogP contribution is -2.25. The number of nitrogens with zero attached hydrogens (tertiary/aromatic N) is 1. The summed E-state index contributed by atoms with van der Waals surface area (Å²) >= 11 is 6.78. The van der Waals surface area contributed by atoms with Crippen molar-refractivity contribution in [1.29, 1.82) is 0 Å². The van der Waals surface area contributed by atoms with Gasteiger partial charge in [0.15, 0.2) is 5.43 Å². The molecular weight excluding hydrogens is 438 g/mol. The van der Waals surface area contributed by atoms with Crippen LogP contribution in [0.25, 0.3) is 11.0 Å². The largest absolute Gasteiger partial charge is 0.450 e. The molecule has 0 spiro atoms. The molecule has 3 aromatic rings. The lowest BCUT2D eigenvalue weighted by atomic mass is 9.99. The van der Waals surface area contributed by atoms with Crippen molar-refractivity contribution in [1.82, 2.24) is 4.90 Å². The smallest absolute Gasteiger partial charge is 0.290 e. The molecule has 6 heteroatoms. The zero-order chi connectivity index (χ0) is 17.0. The zero-order valence-electron chi connectivity index (χ0n) is 12.5. The molecule has 0 saturated carbocycles. The fourth-order valence-electron chi connectivity index (χ4n) is 3.10. The number of rotatable bonds is 1. The molecule has 0 saturated heterocycles. The average molecular weight is 449 g/mol. The van der Waals surface area contributed by atoms with E-state index in [0.29, 0.717) is 16.5 Å². The van der Waals surface area contributed by atoms with E-state index in [1.807, 2.05) is 24.3 Å². The molecule has 2 aromatic carbocycles. The van der Waals surface area contributed by atoms with Crippen LogP contribution in [0.2, 0.25) is 0 Å². The average Bonchev–Trinajstić information content (AvgIpc) is 2.82. The van der Waals surface area contributed by atoms with Gasteiger partial charge in [0.2, 0.25) is 5.76 Å². The van der Waals surface area contributed by atoms with Crippen molar-refractivity contribution >= 4 is 48.7 Å². The molecule has 0 bridgehead atoms. The van der Waals surface area contributed by atoms with Crippen molar-refractivity contribution in [2.24, 2.45) is 0 Å². The Morgan fingerprint density at radius 2 is 1.67 bits per heavy atom. The highest BCUT2D eigenvalue weighted by Crippen LogP contribution is 2.37. The molecule has 1 unspecified atom stereocenters. The summed E-state index contributed by atoms with van der Waals surface area (Å²) in [5, 5.41) is 0.466. The summed E-state index contributed by atoms with van der Waals surface area (Å²) in [5.74, 6) is -0.148. The molecule has 0 radical (unpaired) electrons. The predicted molar refractivity (Wildman–Crippen MR) is 98.3 cm³/mol. The van der Waals surface area contributed by atoms with Crippen molar-refractivity contribution < 1.29 is 9.21 Å². The molecule has 1 aliphatic heterocycles. The quantitative estimate of drug-likeness (QED) is 0.551. The number of fused-ring (bicyclic) bond motifs is 2. The molecule has 1 aliphatic rings. The SMILES string of the molecule is CN1C(=O)c2oc3ccc(Br)cc3c(=O)c2C1c1ccc(Br)cc1. The van der Waals surface area contributed by atoms with E-state index in [1.54, 1.807) is 30.1 Å². The second kappa shape index (κ2) is 5.57. The summed E-state index contributed by atoms with van der Waals surface area (Å²) < 4.78 is 7.51. The highest BCUT2D eigenvalue weighted by atomic mass is 79.9. The second-order valence-electron chi connectivity index (χ2n) is 5.68. The maximum Gasteiger partial charge on any atom is 0.290 e. The molecule has 4 nitrogen and oxygen atoms in total. The first-order valence-corrected chi connectivity index (χ1v) is 8.85. The van der Waals surface area contributed by atoms with E-state index in [-0.39, 0.29) is 17.1 Å². The molecule has 0 fully saturated rings. The van der Waals surface area contributed by atoms with Crippen molar-refractivity contribution in [3.63, 3.8) is 0 Å². The van der Waals surface area contributed by atoms with Crippen molar-refractivity contribution in [3.05, 3.63) is 78.5 Å². The highest BCUT2D eigenvalue weighted by Gasteiger charge is 2.40. The molecule has 4 rings (SSSR count). The summed E-state index contributed by atoms with van der Waals surface area (Å²) in [5.41, 5.74) is 1.52. The minimum atomic E-state index is -0.444. The third-order valence-electron chi connectivity index (χ3n) is 4.25. The Kier molecular flexibility index (Phi) is 3.62. The Bertz CT molecular complexity index is 1040. The Hall–Kier alpha value is -1.92. The molecule has 2 heterocycles. The first-order chi connectivity index (χ1) is 11.5. The number of hydrogen-bond acceptors (Lipinski definition) is 3. The fraction of sp³-hybridized carbons (Fsp3) is 0.111. The van der Waals surface area contributed by atoms with Crippen LogP contribution in [0.4, 0.5) is 0 Å². The van der Waals surface area contributed by atoms with E-state index in [0.717, 1.165) is 14.5 Å². The minimum absolute atomic E-state index is 0.130. The van der Waals surface area contributed by atoms with Crippen LogP contribution < -0.4 is 5.43 Å². The van der Waals surface area contributed by atoms with Gasteiger partial charge < -0.3 is 9.32 Å². The van der Waals surface area contributed by atoms with Gasteiger partial charge in [-0.05, 0) is 35.9 Å². The van der Waals surface area contributed by atoms with Gasteiger partial charge in [0.05, 0.1) is 17.0 Å². The van der Waals surface area contributed by atoms with E-state index >= 15 is 0 Å². The van der Waals surface area contributed by atoms with Crippen LogP contribution >= 0.6 is 31.9 Å². The lowest BCUT2D eigenvalue weighted by Gasteiger charge is -2.20. The number of amides is 1. The first-order valence-electron chi connectivity index (χ1n) is 7.26. The maximum atomic E-state index is 13.0. The van der Waals surface area contributed by atoms with Crippen LogP contribution in [0.3, 0.4) is 0 Å². The zero-order valence-corrected chi connectivity index (χ0v) is 15.7. The Morgan fingerprint density at radius 3 is 2.38 bits per heavy atom. The number of carbonyl (C=O) groups excluding carboxylic acids is 1. The van der Waals surface area contributed by atoms with Gasteiger partial charge in [-0.15, -0.1) is 0 Å². The Morgan fingerprint density at radius 1 is 1.00 bits per heavy atom. The third kappa shape index (κ3) is 2.24. The predicted octanol–water partition coefficient (Wildman–Crippen LogP) is 4.49. The summed E-state index contributed by atoms with van der Waals surface area (Å²) in [4.78, 5) is 27.2. The van der Waals surface area contributed by atoms with E-state index in [2.05, 4.69) is 31.9 Å². The molecular formula is C18H11Br2NO3.